The van der Waals surface area contributed by atoms with E-state index < -0.39 is 29.7 Å². The first kappa shape index (κ1) is 39.2. The number of hydrogen-bond donors (Lipinski definition) is 2. The molecule has 6 aliphatic rings. The lowest BCUT2D eigenvalue weighted by Gasteiger charge is -2.45. The number of benzene rings is 2. The topological polar surface area (TPSA) is 180 Å². The number of imide groups is 2. The third kappa shape index (κ3) is 7.07. The molecule has 63 heavy (non-hydrogen) atoms. The zero-order valence-corrected chi connectivity index (χ0v) is 35.4. The van der Waals surface area contributed by atoms with Gasteiger partial charge in [-0.25, -0.2) is 9.67 Å². The Balaban J connectivity index is 0.750. The fourth-order valence-corrected chi connectivity index (χ4v) is 10.5. The number of hydrogen-bond acceptors (Lipinski definition) is 12. The van der Waals surface area contributed by atoms with Crippen LogP contribution < -0.4 is 25.2 Å². The Morgan fingerprint density at radius 1 is 0.778 bits per heavy atom. The second kappa shape index (κ2) is 15.3. The van der Waals surface area contributed by atoms with Gasteiger partial charge in [-0.15, -0.1) is 0 Å². The minimum absolute atomic E-state index is 0.0898. The number of nitrogens with zero attached hydrogens (tertiary/aromatic N) is 9. The van der Waals surface area contributed by atoms with Crippen LogP contribution >= 0.6 is 0 Å². The zero-order chi connectivity index (χ0) is 43.1. The molecular weight excluding hydrogens is 803 g/mol. The van der Waals surface area contributed by atoms with Crippen molar-refractivity contribution >= 4 is 57.9 Å². The SMILES string of the molecule is Cc1cc2cc(n1)-c1cnn(C)c1OC[C@H]1CC[C@H](C1)Cn1c(nc3ccc(N4CCN(CC5CN(c6ccc7c(c6)C(=O)N(C6CCC(=O)NC6=O)C7=O)C5)CC4)cc31)NC2=O. The molecule has 3 atom stereocenters. The number of carbonyl (C=O) groups excluding carboxylic acids is 5. The summed E-state index contributed by atoms with van der Waals surface area (Å²) in [6, 6.07) is 14.4. The van der Waals surface area contributed by atoms with Gasteiger partial charge in [-0.2, -0.15) is 5.10 Å². The number of ether oxygens (including phenoxy) is 1. The summed E-state index contributed by atoms with van der Waals surface area (Å²) in [5.74, 6) is 0.276. The number of imidazole rings is 1. The van der Waals surface area contributed by atoms with Gasteiger partial charge in [-0.05, 0) is 93.0 Å². The Bertz CT molecular complexity index is 2730. The van der Waals surface area contributed by atoms with Gasteiger partial charge in [0.25, 0.3) is 17.7 Å². The fraction of sp³-hybridized carbons (Fsp3) is 0.435. The van der Waals surface area contributed by atoms with Gasteiger partial charge in [-0.1, -0.05) is 0 Å². The van der Waals surface area contributed by atoms with Gasteiger partial charge in [0.1, 0.15) is 6.04 Å². The molecule has 3 saturated heterocycles. The van der Waals surface area contributed by atoms with E-state index in [9.17, 15) is 24.0 Å². The zero-order valence-electron chi connectivity index (χ0n) is 35.4. The van der Waals surface area contributed by atoms with Crippen molar-refractivity contribution in [1.82, 2.24) is 39.4 Å². The van der Waals surface area contributed by atoms with Gasteiger partial charge in [0, 0.05) is 94.4 Å². The third-order valence-corrected chi connectivity index (χ3v) is 13.9. The molecule has 8 heterocycles. The van der Waals surface area contributed by atoms with Gasteiger partial charge in [0.05, 0.1) is 46.2 Å². The summed E-state index contributed by atoms with van der Waals surface area (Å²) in [5, 5.41) is 9.89. The summed E-state index contributed by atoms with van der Waals surface area (Å²) in [6.07, 6.45) is 5.13. The minimum atomic E-state index is -0.977. The van der Waals surface area contributed by atoms with Crippen LogP contribution in [-0.4, -0.2) is 122 Å². The van der Waals surface area contributed by atoms with Crippen LogP contribution in [0.3, 0.4) is 0 Å². The molecule has 5 aliphatic heterocycles. The summed E-state index contributed by atoms with van der Waals surface area (Å²) in [7, 11) is 1.87. The average Bonchev–Trinajstić information content (AvgIpc) is 4.02. The highest BCUT2D eigenvalue weighted by Gasteiger charge is 2.45. The van der Waals surface area contributed by atoms with Crippen molar-refractivity contribution in [2.75, 3.05) is 67.5 Å². The quantitative estimate of drug-likeness (QED) is 0.245. The molecule has 4 fully saturated rings. The Morgan fingerprint density at radius 3 is 2.38 bits per heavy atom. The Kier molecular flexibility index (Phi) is 9.54. The maximum absolute atomic E-state index is 14.0. The monoisotopic (exact) mass is 851 g/mol. The van der Waals surface area contributed by atoms with E-state index in [0.29, 0.717) is 58.6 Å². The third-order valence-electron chi connectivity index (χ3n) is 13.9. The number of rotatable bonds is 5. The molecule has 324 valence electrons. The second-order valence-electron chi connectivity index (χ2n) is 18.1. The molecule has 1 unspecified atom stereocenters. The highest BCUT2D eigenvalue weighted by atomic mass is 16.5. The van der Waals surface area contributed by atoms with Crippen molar-refractivity contribution in [3.8, 4) is 17.1 Å². The highest BCUT2D eigenvalue weighted by molar-refractivity contribution is 6.23. The van der Waals surface area contributed by atoms with Crippen LogP contribution in [0, 0.1) is 24.7 Å². The van der Waals surface area contributed by atoms with Crippen LogP contribution in [0.1, 0.15) is 68.9 Å². The van der Waals surface area contributed by atoms with Crippen molar-refractivity contribution in [3.05, 3.63) is 77.1 Å². The van der Waals surface area contributed by atoms with Crippen LogP contribution in [0.4, 0.5) is 17.3 Å². The molecule has 3 aromatic heterocycles. The van der Waals surface area contributed by atoms with E-state index in [2.05, 4.69) is 53.2 Å². The molecule has 2 N–H and O–H groups in total. The van der Waals surface area contributed by atoms with Crippen molar-refractivity contribution in [3.63, 3.8) is 0 Å². The number of nitrogens with one attached hydrogen (secondary N) is 2. The van der Waals surface area contributed by atoms with Crippen molar-refractivity contribution in [2.24, 2.45) is 24.8 Å². The number of aromatic nitrogens is 5. The Morgan fingerprint density at radius 2 is 1.56 bits per heavy atom. The predicted octanol–water partition coefficient (Wildman–Crippen LogP) is 3.86. The number of fused-ring (bicyclic) bond motifs is 10. The molecular formula is C46H49N11O6. The van der Waals surface area contributed by atoms with Crippen LogP contribution in [0.15, 0.2) is 54.7 Å². The van der Waals surface area contributed by atoms with Gasteiger partial charge in [0.2, 0.25) is 23.6 Å². The highest BCUT2D eigenvalue weighted by Crippen LogP contribution is 2.38. The van der Waals surface area contributed by atoms with E-state index in [1.807, 2.05) is 20.0 Å². The molecule has 1 saturated carbocycles. The Labute approximate surface area is 363 Å². The number of carbonyl (C=O) groups is 5. The normalized spacial score (nSPS) is 23.1. The maximum Gasteiger partial charge on any atom is 0.262 e. The van der Waals surface area contributed by atoms with Crippen LogP contribution in [0.5, 0.6) is 5.88 Å². The average molecular weight is 852 g/mol. The van der Waals surface area contributed by atoms with Gasteiger partial charge >= 0.3 is 0 Å². The van der Waals surface area contributed by atoms with Gasteiger partial charge in [-0.3, -0.25) is 49.4 Å². The lowest BCUT2D eigenvalue weighted by Crippen LogP contribution is -2.55. The van der Waals surface area contributed by atoms with E-state index in [1.54, 1.807) is 35.1 Å². The lowest BCUT2D eigenvalue weighted by molar-refractivity contribution is -0.136. The molecule has 17 nitrogen and oxygen atoms in total. The van der Waals surface area contributed by atoms with E-state index in [1.165, 1.54) is 0 Å². The number of anilines is 3. The van der Waals surface area contributed by atoms with E-state index in [-0.39, 0.29) is 18.7 Å². The van der Waals surface area contributed by atoms with Crippen LogP contribution in [-0.2, 0) is 23.2 Å². The molecule has 2 aromatic carbocycles. The Hall–Kier alpha value is -6.62. The van der Waals surface area contributed by atoms with Crippen molar-refractivity contribution in [1.29, 1.82) is 0 Å². The predicted molar refractivity (Wildman–Crippen MR) is 233 cm³/mol. The lowest BCUT2D eigenvalue weighted by atomic mass is 9.97. The number of aryl methyl sites for hydroxylation is 2. The maximum atomic E-state index is 14.0. The molecule has 1 aliphatic carbocycles. The minimum Gasteiger partial charge on any atom is -0.477 e. The standard InChI is InChI=1S/C46H49N11O6/c1-26-15-30-17-37(48-26)35-20-47-52(2)45(35)63-25-28-4-3-27(16-28)24-56-39-19-32(6-8-36(39)49-46(56)51-41(30)59)54-13-11-53(12-14-54)21-29-22-55(23-29)31-5-7-33-34(18-31)44(62)57(43(33)61)38-9-10-40(58)50-42(38)60/h5-8,15,17-20,27-29,38H,3-4,9-14,16,21-25H2,1-2H3,(H,49,51,59)(H,50,58,60)/t27-,28+,38?/m1/s1. The van der Waals surface area contributed by atoms with Crippen molar-refractivity contribution < 1.29 is 28.7 Å². The molecule has 11 rings (SSSR count). The van der Waals surface area contributed by atoms with Gasteiger partial charge in [0.15, 0.2) is 0 Å². The molecule has 5 aromatic rings. The van der Waals surface area contributed by atoms with Crippen molar-refractivity contribution in [2.45, 2.75) is 51.6 Å². The second-order valence-corrected chi connectivity index (χ2v) is 18.1. The number of pyridine rings is 1. The molecule has 0 spiro atoms. The first-order chi connectivity index (χ1) is 30.5. The van der Waals surface area contributed by atoms with E-state index >= 15 is 0 Å². The smallest absolute Gasteiger partial charge is 0.262 e. The number of piperidine rings is 1. The first-order valence-electron chi connectivity index (χ1n) is 22.1. The summed E-state index contributed by atoms with van der Waals surface area (Å²) < 4.78 is 10.4. The summed E-state index contributed by atoms with van der Waals surface area (Å²) in [4.78, 5) is 82.6. The van der Waals surface area contributed by atoms with E-state index in [4.69, 9.17) is 14.7 Å². The van der Waals surface area contributed by atoms with Crippen LogP contribution in [0.2, 0.25) is 0 Å². The number of piperazine rings is 1. The molecule has 17 heteroatoms. The summed E-state index contributed by atoms with van der Waals surface area (Å²) in [5.41, 5.74) is 7.11. The molecule has 0 radical (unpaired) electrons. The molecule has 4 bridgehead atoms. The van der Waals surface area contributed by atoms with Gasteiger partial charge < -0.3 is 19.1 Å². The summed E-state index contributed by atoms with van der Waals surface area (Å²) >= 11 is 0. The van der Waals surface area contributed by atoms with E-state index in [0.717, 1.165) is 110 Å². The number of amides is 5. The largest absolute Gasteiger partial charge is 0.477 e. The molecule has 5 amide bonds. The van der Waals surface area contributed by atoms with Crippen LogP contribution in [0.25, 0.3) is 22.3 Å². The fourth-order valence-electron chi connectivity index (χ4n) is 10.5. The first-order valence-corrected chi connectivity index (χ1v) is 22.1. The summed E-state index contributed by atoms with van der Waals surface area (Å²) in [6.45, 7) is 9.53.